The van der Waals surface area contributed by atoms with Crippen molar-refractivity contribution in [3.63, 3.8) is 0 Å². The molecule has 54 heavy (non-hydrogen) atoms. The summed E-state index contributed by atoms with van der Waals surface area (Å²) in [6.07, 6.45) is 5.19. The Morgan fingerprint density at radius 3 is 1.39 bits per heavy atom. The van der Waals surface area contributed by atoms with Gasteiger partial charge in [0.2, 0.25) is 0 Å². The van der Waals surface area contributed by atoms with Crippen molar-refractivity contribution >= 4 is 30.0 Å². The largest absolute Gasteiger partial charge is 0.494 e. The molecule has 0 amide bonds. The predicted octanol–water partition coefficient (Wildman–Crippen LogP) is 4.67. The van der Waals surface area contributed by atoms with Crippen LogP contribution in [0.25, 0.3) is 6.08 Å². The van der Waals surface area contributed by atoms with E-state index >= 15 is 0 Å². The summed E-state index contributed by atoms with van der Waals surface area (Å²) in [6, 6.07) is 7.27. The van der Waals surface area contributed by atoms with Crippen LogP contribution in [0.15, 0.2) is 30.3 Å². The Labute approximate surface area is 324 Å². The lowest BCUT2D eigenvalue weighted by molar-refractivity contribution is -0.159. The summed E-state index contributed by atoms with van der Waals surface area (Å²) in [5.74, 6) is -0.597. The number of carbonyl (C=O) groups is 4. The van der Waals surface area contributed by atoms with E-state index in [1.807, 2.05) is 120 Å². The summed E-state index contributed by atoms with van der Waals surface area (Å²) < 4.78 is 27.9. The maximum absolute atomic E-state index is 13.4. The highest BCUT2D eigenvalue weighted by Gasteiger charge is 2.30. The maximum atomic E-state index is 13.4. The molecule has 1 aromatic rings. The molecule has 0 bridgehead atoms. The fourth-order valence-corrected chi connectivity index (χ4v) is 5.91. The normalized spacial score (nSPS) is 17.2. The van der Waals surface area contributed by atoms with Gasteiger partial charge in [0.1, 0.15) is 28.6 Å². The molecule has 0 unspecified atom stereocenters. The number of nitrogens with zero attached hydrogens (tertiary/aromatic N) is 4. The van der Waals surface area contributed by atoms with E-state index in [4.69, 9.17) is 23.7 Å². The average Bonchev–Trinajstić information content (AvgIpc) is 3.03. The van der Waals surface area contributed by atoms with Crippen molar-refractivity contribution in [2.24, 2.45) is 0 Å². The van der Waals surface area contributed by atoms with Gasteiger partial charge in [0, 0.05) is 52.4 Å². The monoisotopic (exact) mass is 760 g/mol. The molecule has 0 spiro atoms. The van der Waals surface area contributed by atoms with Gasteiger partial charge in [0.05, 0.1) is 33.4 Å². The number of allylic oxidation sites excluding steroid dienone is 1. The Morgan fingerprint density at radius 2 is 1.04 bits per heavy atom. The molecule has 13 heteroatoms. The summed E-state index contributed by atoms with van der Waals surface area (Å²) in [5, 5.41) is 0. The summed E-state index contributed by atoms with van der Waals surface area (Å²) in [7, 11) is 1.39. The smallest absolute Gasteiger partial charge is 0.323 e. The number of ether oxygens (including phenoxy) is 5. The van der Waals surface area contributed by atoms with Gasteiger partial charge in [-0.3, -0.25) is 38.8 Å². The minimum absolute atomic E-state index is 0.0455. The van der Waals surface area contributed by atoms with Crippen LogP contribution in [-0.2, 0) is 38.1 Å². The molecule has 1 atom stereocenters. The van der Waals surface area contributed by atoms with Crippen LogP contribution in [0.3, 0.4) is 0 Å². The number of methoxy groups -OCH3 is 1. The molecule has 306 valence electrons. The van der Waals surface area contributed by atoms with E-state index in [1.54, 1.807) is 0 Å². The Balaban J connectivity index is 2.39. The zero-order chi connectivity index (χ0) is 40.5. The predicted molar refractivity (Wildman–Crippen MR) is 210 cm³/mol. The fourth-order valence-electron chi connectivity index (χ4n) is 5.91. The van der Waals surface area contributed by atoms with E-state index in [0.29, 0.717) is 71.8 Å². The van der Waals surface area contributed by atoms with E-state index in [9.17, 15) is 19.2 Å². The molecule has 1 saturated heterocycles. The van der Waals surface area contributed by atoms with Gasteiger partial charge in [0.25, 0.3) is 0 Å². The number of esters is 4. The van der Waals surface area contributed by atoms with Crippen LogP contribution in [0, 0.1) is 0 Å². The standard InChI is InChI=1S/C41H68N4O9/c1-12-51-33-19-17-32(18-20-33)15-13-14-16-34(38(49)50-11)45-27-25-43(30-36(47)53-40(5,6)7)23-21-42(29-35(46)52-39(2,3)4)22-24-44(26-28-45)31-37(48)54-41(8,9)10/h13,15,17-20,34H,12,14,16,21-31H2,1-11H3/b15-13+/t34-/m0/s1. The molecule has 0 N–H and O–H groups in total. The first-order valence-corrected chi connectivity index (χ1v) is 19.2. The second kappa shape index (κ2) is 22.1. The molecule has 0 aliphatic carbocycles. The molecule has 0 aromatic heterocycles. The van der Waals surface area contributed by atoms with Crippen LogP contribution in [-0.4, -0.2) is 152 Å². The van der Waals surface area contributed by atoms with Crippen LogP contribution in [0.4, 0.5) is 0 Å². The molecule has 0 radical (unpaired) electrons. The third-order valence-electron chi connectivity index (χ3n) is 8.21. The van der Waals surface area contributed by atoms with Gasteiger partial charge in [-0.15, -0.1) is 0 Å². The van der Waals surface area contributed by atoms with Crippen molar-refractivity contribution < 1.29 is 42.9 Å². The second-order valence-corrected chi connectivity index (χ2v) is 16.6. The highest BCUT2D eigenvalue weighted by atomic mass is 16.6. The third kappa shape index (κ3) is 20.2. The Bertz CT molecular complexity index is 1300. The molecular weight excluding hydrogens is 692 g/mol. The van der Waals surface area contributed by atoms with Gasteiger partial charge in [0.15, 0.2) is 0 Å². The van der Waals surface area contributed by atoms with E-state index in [2.05, 4.69) is 4.90 Å². The SMILES string of the molecule is CCOc1ccc(/C=C/CC[C@@H](C(=O)OC)N2CCN(CC(=O)OC(C)(C)C)CCN(CC(=O)OC(C)(C)C)CCN(CC(=O)OC(C)(C)C)CC2)cc1. The first-order valence-electron chi connectivity index (χ1n) is 19.2. The lowest BCUT2D eigenvalue weighted by Crippen LogP contribution is -2.52. The van der Waals surface area contributed by atoms with Gasteiger partial charge in [-0.1, -0.05) is 24.3 Å². The van der Waals surface area contributed by atoms with Crippen LogP contribution >= 0.6 is 0 Å². The molecule has 1 aliphatic heterocycles. The van der Waals surface area contributed by atoms with Crippen LogP contribution < -0.4 is 4.74 Å². The van der Waals surface area contributed by atoms with E-state index in [1.165, 1.54) is 7.11 Å². The minimum atomic E-state index is -0.648. The van der Waals surface area contributed by atoms with Gasteiger partial charge >= 0.3 is 23.9 Å². The van der Waals surface area contributed by atoms with Crippen molar-refractivity contribution in [1.29, 1.82) is 0 Å². The zero-order valence-corrected chi connectivity index (χ0v) is 34.9. The lowest BCUT2D eigenvalue weighted by atomic mass is 10.1. The molecular formula is C41H68N4O9. The van der Waals surface area contributed by atoms with Gasteiger partial charge in [-0.25, -0.2) is 0 Å². The molecule has 1 aliphatic rings. The van der Waals surface area contributed by atoms with Crippen molar-refractivity contribution in [2.45, 2.75) is 105 Å². The number of rotatable bonds is 14. The molecule has 1 aromatic carbocycles. The summed E-state index contributed by atoms with van der Waals surface area (Å²) >= 11 is 0. The maximum Gasteiger partial charge on any atom is 0.323 e. The van der Waals surface area contributed by atoms with Crippen molar-refractivity contribution in [1.82, 2.24) is 19.6 Å². The number of hydrogen-bond acceptors (Lipinski definition) is 13. The topological polar surface area (TPSA) is 127 Å². The van der Waals surface area contributed by atoms with Gasteiger partial charge < -0.3 is 23.7 Å². The summed E-state index contributed by atoms with van der Waals surface area (Å²) in [5.41, 5.74) is -0.911. The highest BCUT2D eigenvalue weighted by molar-refractivity contribution is 5.76. The zero-order valence-electron chi connectivity index (χ0n) is 34.9. The van der Waals surface area contributed by atoms with Crippen LogP contribution in [0.5, 0.6) is 5.75 Å². The van der Waals surface area contributed by atoms with E-state index in [-0.39, 0.29) is 43.5 Å². The Hall–Kier alpha value is -3.52. The third-order valence-corrected chi connectivity index (χ3v) is 8.21. The minimum Gasteiger partial charge on any atom is -0.494 e. The quantitative estimate of drug-likeness (QED) is 0.193. The van der Waals surface area contributed by atoms with Crippen molar-refractivity contribution in [2.75, 3.05) is 85.7 Å². The Morgan fingerprint density at radius 1 is 0.648 bits per heavy atom. The van der Waals surface area contributed by atoms with Crippen LogP contribution in [0.1, 0.15) is 87.6 Å². The summed E-state index contributed by atoms with van der Waals surface area (Å²) in [6.45, 7) is 22.8. The van der Waals surface area contributed by atoms with E-state index in [0.717, 1.165) is 11.3 Å². The van der Waals surface area contributed by atoms with Gasteiger partial charge in [-0.05, 0) is 99.8 Å². The van der Waals surface area contributed by atoms with Gasteiger partial charge in [-0.2, -0.15) is 0 Å². The van der Waals surface area contributed by atoms with Crippen molar-refractivity contribution in [3.8, 4) is 5.75 Å². The number of hydrogen-bond donors (Lipinski definition) is 0. The molecule has 1 fully saturated rings. The molecule has 2 rings (SSSR count). The average molecular weight is 761 g/mol. The van der Waals surface area contributed by atoms with Crippen molar-refractivity contribution in [3.05, 3.63) is 35.9 Å². The molecule has 0 saturated carbocycles. The lowest BCUT2D eigenvalue weighted by Gasteiger charge is -2.36. The highest BCUT2D eigenvalue weighted by Crippen LogP contribution is 2.17. The number of carbonyl (C=O) groups excluding carboxylic acids is 4. The van der Waals surface area contributed by atoms with Crippen LogP contribution in [0.2, 0.25) is 0 Å². The summed E-state index contributed by atoms with van der Waals surface area (Å²) in [4.78, 5) is 60.6. The second-order valence-electron chi connectivity index (χ2n) is 16.6. The van der Waals surface area contributed by atoms with E-state index < -0.39 is 22.8 Å². The molecule has 1 heterocycles. The number of benzene rings is 1. The molecule has 13 nitrogen and oxygen atoms in total. The fraction of sp³-hybridized carbons (Fsp3) is 0.707. The Kier molecular flexibility index (Phi) is 19.1. The first kappa shape index (κ1) is 46.6. The first-order chi connectivity index (χ1) is 25.2.